The van der Waals surface area contributed by atoms with Crippen molar-refractivity contribution in [2.24, 2.45) is 10.9 Å². The first kappa shape index (κ1) is 14.0. The van der Waals surface area contributed by atoms with Crippen LogP contribution < -0.4 is 11.1 Å². The molecule has 0 saturated heterocycles. The largest absolute Gasteiger partial charge is 0.409 e. The van der Waals surface area contributed by atoms with Crippen LogP contribution >= 0.6 is 27.3 Å². The molecule has 0 aliphatic heterocycles. The Morgan fingerprint density at radius 2 is 2.29 bits per heavy atom. The van der Waals surface area contributed by atoms with Gasteiger partial charge in [-0.25, -0.2) is 0 Å². The molecule has 1 aromatic rings. The Bertz CT molecular complexity index is 406. The van der Waals surface area contributed by atoms with Crippen molar-refractivity contribution in [3.05, 3.63) is 20.8 Å². The molecule has 1 amide bonds. The zero-order valence-corrected chi connectivity index (χ0v) is 11.6. The first-order chi connectivity index (χ1) is 8.13. The van der Waals surface area contributed by atoms with Crippen molar-refractivity contribution < 1.29 is 10.0 Å². The average Bonchev–Trinajstić information content (AvgIpc) is 2.75. The summed E-state index contributed by atoms with van der Waals surface area (Å²) in [4.78, 5) is 12.3. The number of hydrogen-bond acceptors (Lipinski definition) is 4. The van der Waals surface area contributed by atoms with Crippen LogP contribution in [0.15, 0.2) is 21.1 Å². The number of hydrogen-bond donors (Lipinski definition) is 3. The molecule has 1 aromatic heterocycles. The summed E-state index contributed by atoms with van der Waals surface area (Å²) in [6, 6.07) is 3.62. The second-order valence-electron chi connectivity index (χ2n) is 3.41. The summed E-state index contributed by atoms with van der Waals surface area (Å²) in [5, 5.41) is 14.0. The van der Waals surface area contributed by atoms with E-state index < -0.39 is 0 Å². The third kappa shape index (κ3) is 5.18. The van der Waals surface area contributed by atoms with Gasteiger partial charge in [-0.05, 0) is 40.9 Å². The molecule has 0 radical (unpaired) electrons. The molecule has 5 nitrogen and oxygen atoms in total. The second-order valence-corrected chi connectivity index (χ2v) is 5.87. The number of carbonyl (C=O) groups is 1. The van der Waals surface area contributed by atoms with Gasteiger partial charge >= 0.3 is 0 Å². The highest BCUT2D eigenvalue weighted by Crippen LogP contribution is 2.21. The van der Waals surface area contributed by atoms with Crippen LogP contribution in [0, 0.1) is 0 Å². The van der Waals surface area contributed by atoms with Crippen LogP contribution in [0.1, 0.15) is 28.9 Å². The molecule has 0 spiro atoms. The Kier molecular flexibility index (Phi) is 5.99. The number of nitrogens with zero attached hydrogens (tertiary/aromatic N) is 1. The topological polar surface area (TPSA) is 87.7 Å². The van der Waals surface area contributed by atoms with Gasteiger partial charge in [-0.1, -0.05) is 5.16 Å². The molecule has 0 aliphatic rings. The second kappa shape index (κ2) is 7.29. The maximum Gasteiger partial charge on any atom is 0.261 e. The summed E-state index contributed by atoms with van der Waals surface area (Å²) in [5.74, 6) is 0.156. The van der Waals surface area contributed by atoms with Crippen molar-refractivity contribution in [2.75, 3.05) is 6.54 Å². The summed E-state index contributed by atoms with van der Waals surface area (Å²) in [7, 11) is 0. The fourth-order valence-electron chi connectivity index (χ4n) is 1.21. The predicted octanol–water partition coefficient (Wildman–Crippen LogP) is 2.16. The maximum atomic E-state index is 11.6. The molecule has 1 rings (SSSR count). The number of oxime groups is 1. The van der Waals surface area contributed by atoms with Gasteiger partial charge < -0.3 is 16.3 Å². The molecule has 7 heteroatoms. The summed E-state index contributed by atoms with van der Waals surface area (Å²) in [6.45, 7) is 0.590. The van der Waals surface area contributed by atoms with Crippen LogP contribution in [-0.4, -0.2) is 23.5 Å². The first-order valence-electron chi connectivity index (χ1n) is 5.13. The van der Waals surface area contributed by atoms with Gasteiger partial charge in [0.25, 0.3) is 5.91 Å². The van der Waals surface area contributed by atoms with Gasteiger partial charge in [-0.2, -0.15) is 0 Å². The van der Waals surface area contributed by atoms with E-state index in [9.17, 15) is 4.79 Å². The SMILES string of the molecule is NC(CCCCNC(=O)c1ccc(Br)s1)=NO. The summed E-state index contributed by atoms with van der Waals surface area (Å²) in [6.07, 6.45) is 2.12. The van der Waals surface area contributed by atoms with E-state index in [0.717, 1.165) is 16.6 Å². The third-order valence-electron chi connectivity index (χ3n) is 2.07. The smallest absolute Gasteiger partial charge is 0.261 e. The predicted molar refractivity (Wildman–Crippen MR) is 71.6 cm³/mol. The minimum absolute atomic E-state index is 0.0653. The highest BCUT2D eigenvalue weighted by atomic mass is 79.9. The Labute approximate surface area is 112 Å². The minimum atomic E-state index is -0.0653. The number of carbonyl (C=O) groups excluding carboxylic acids is 1. The molecule has 0 aromatic carbocycles. The average molecular weight is 320 g/mol. The Hall–Kier alpha value is -1.08. The van der Waals surface area contributed by atoms with E-state index in [1.54, 1.807) is 6.07 Å². The Morgan fingerprint density at radius 1 is 1.53 bits per heavy atom. The maximum absolute atomic E-state index is 11.6. The van der Waals surface area contributed by atoms with Crippen molar-refractivity contribution >= 4 is 39.0 Å². The van der Waals surface area contributed by atoms with Crippen LogP contribution in [0.5, 0.6) is 0 Å². The number of amidine groups is 1. The number of halogens is 1. The molecule has 0 aliphatic carbocycles. The van der Waals surface area contributed by atoms with Gasteiger partial charge in [0, 0.05) is 13.0 Å². The van der Waals surface area contributed by atoms with E-state index in [4.69, 9.17) is 10.9 Å². The van der Waals surface area contributed by atoms with Gasteiger partial charge in [0.1, 0.15) is 5.84 Å². The fourth-order valence-corrected chi connectivity index (χ4v) is 2.51. The molecular weight excluding hydrogens is 306 g/mol. The first-order valence-corrected chi connectivity index (χ1v) is 6.74. The zero-order chi connectivity index (χ0) is 12.7. The van der Waals surface area contributed by atoms with E-state index in [2.05, 4.69) is 26.4 Å². The number of nitrogens with one attached hydrogen (secondary N) is 1. The molecule has 94 valence electrons. The lowest BCUT2D eigenvalue weighted by atomic mass is 10.2. The van der Waals surface area contributed by atoms with Crippen LogP contribution in [0.4, 0.5) is 0 Å². The highest BCUT2D eigenvalue weighted by molar-refractivity contribution is 9.11. The molecular formula is C10H14BrN3O2S. The van der Waals surface area contributed by atoms with Crippen LogP contribution in [0.3, 0.4) is 0 Å². The molecule has 0 atom stereocenters. The highest BCUT2D eigenvalue weighted by Gasteiger charge is 2.07. The quantitative estimate of drug-likeness (QED) is 0.247. The minimum Gasteiger partial charge on any atom is -0.409 e. The van der Waals surface area contributed by atoms with E-state index in [0.29, 0.717) is 17.8 Å². The van der Waals surface area contributed by atoms with Gasteiger partial charge in [0.15, 0.2) is 0 Å². The van der Waals surface area contributed by atoms with E-state index in [-0.39, 0.29) is 11.7 Å². The van der Waals surface area contributed by atoms with Crippen molar-refractivity contribution in [3.8, 4) is 0 Å². The molecule has 1 heterocycles. The number of rotatable bonds is 6. The van der Waals surface area contributed by atoms with E-state index >= 15 is 0 Å². The fraction of sp³-hybridized carbons (Fsp3) is 0.400. The van der Waals surface area contributed by atoms with Crippen LogP contribution in [0.2, 0.25) is 0 Å². The molecule has 0 unspecified atom stereocenters. The molecule has 0 fully saturated rings. The van der Waals surface area contributed by atoms with Gasteiger partial charge in [-0.15, -0.1) is 11.3 Å². The molecule has 0 bridgehead atoms. The molecule has 4 N–H and O–H groups in total. The molecule has 0 saturated carbocycles. The summed E-state index contributed by atoms with van der Waals surface area (Å²) in [5.41, 5.74) is 5.32. The lowest BCUT2D eigenvalue weighted by molar-refractivity contribution is 0.0957. The Balaban J connectivity index is 2.17. The van der Waals surface area contributed by atoms with Gasteiger partial charge in [0.2, 0.25) is 0 Å². The molecule has 17 heavy (non-hydrogen) atoms. The van der Waals surface area contributed by atoms with Crippen LogP contribution in [0.25, 0.3) is 0 Å². The number of amides is 1. The number of thiophene rings is 1. The number of nitrogens with two attached hydrogens (primary N) is 1. The van der Waals surface area contributed by atoms with E-state index in [1.807, 2.05) is 6.07 Å². The van der Waals surface area contributed by atoms with Crippen molar-refractivity contribution in [1.29, 1.82) is 0 Å². The monoisotopic (exact) mass is 319 g/mol. The number of unbranched alkanes of at least 4 members (excludes halogenated alkanes) is 1. The van der Waals surface area contributed by atoms with Crippen molar-refractivity contribution in [3.63, 3.8) is 0 Å². The zero-order valence-electron chi connectivity index (χ0n) is 9.15. The van der Waals surface area contributed by atoms with Gasteiger partial charge in [-0.3, -0.25) is 4.79 Å². The summed E-state index contributed by atoms with van der Waals surface area (Å²) >= 11 is 4.71. The lowest BCUT2D eigenvalue weighted by Crippen LogP contribution is -2.23. The Morgan fingerprint density at radius 3 is 2.88 bits per heavy atom. The third-order valence-corrected chi connectivity index (χ3v) is 3.69. The summed E-state index contributed by atoms with van der Waals surface area (Å²) < 4.78 is 0.939. The van der Waals surface area contributed by atoms with Crippen molar-refractivity contribution in [2.45, 2.75) is 19.3 Å². The normalized spacial score (nSPS) is 11.5. The lowest BCUT2D eigenvalue weighted by Gasteiger charge is -2.02. The van der Waals surface area contributed by atoms with E-state index in [1.165, 1.54) is 11.3 Å². The van der Waals surface area contributed by atoms with Crippen molar-refractivity contribution in [1.82, 2.24) is 5.32 Å². The van der Waals surface area contributed by atoms with Gasteiger partial charge in [0.05, 0.1) is 8.66 Å². The standard InChI is InChI=1S/C10H14BrN3O2S/c11-8-5-4-7(17-8)10(15)13-6-2-1-3-9(12)14-16/h4-5,16H,1-3,6H2,(H2,12,14)(H,13,15). The van der Waals surface area contributed by atoms with Crippen LogP contribution in [-0.2, 0) is 0 Å².